The molecule has 0 aromatic heterocycles. The van der Waals surface area contributed by atoms with Crippen molar-refractivity contribution < 1.29 is 0 Å². The predicted molar refractivity (Wildman–Crippen MR) is 65.1 cm³/mol. The molecule has 0 bridgehead atoms. The van der Waals surface area contributed by atoms with E-state index in [1.165, 1.54) is 31.5 Å². The van der Waals surface area contributed by atoms with E-state index in [1.54, 1.807) is 0 Å². The Morgan fingerprint density at radius 2 is 2.00 bits per heavy atom. The van der Waals surface area contributed by atoms with Crippen molar-refractivity contribution in [2.45, 2.75) is 38.6 Å². The lowest BCUT2D eigenvalue weighted by molar-refractivity contribution is 0.260. The molecule has 0 radical (unpaired) electrons. The Hall–Kier alpha value is -0.820. The van der Waals surface area contributed by atoms with E-state index >= 15 is 0 Å². The second kappa shape index (κ2) is 4.80. The van der Waals surface area contributed by atoms with Gasteiger partial charge in [-0.2, -0.15) is 0 Å². The molecule has 1 heteroatoms. The van der Waals surface area contributed by atoms with Crippen molar-refractivity contribution in [3.63, 3.8) is 0 Å². The van der Waals surface area contributed by atoms with Crippen molar-refractivity contribution >= 4 is 0 Å². The standard InChI is InChI=1S/C14H21N/c1-3-10-15-11-9-14(12(15)2)13-7-5-4-6-8-13/h4-8,12,14H,3,9-11H2,1-2H3. The summed E-state index contributed by atoms with van der Waals surface area (Å²) in [6, 6.07) is 11.7. The van der Waals surface area contributed by atoms with Crippen molar-refractivity contribution in [3.8, 4) is 0 Å². The fraction of sp³-hybridized carbons (Fsp3) is 0.571. The first kappa shape index (κ1) is 10.7. The molecule has 1 saturated heterocycles. The zero-order valence-corrected chi connectivity index (χ0v) is 9.82. The van der Waals surface area contributed by atoms with Gasteiger partial charge in [-0.05, 0) is 38.4 Å². The van der Waals surface area contributed by atoms with Gasteiger partial charge in [0.15, 0.2) is 0 Å². The minimum Gasteiger partial charge on any atom is -0.300 e. The molecule has 1 aliphatic rings. The van der Waals surface area contributed by atoms with Crippen LogP contribution >= 0.6 is 0 Å². The monoisotopic (exact) mass is 203 g/mol. The molecule has 1 aliphatic heterocycles. The summed E-state index contributed by atoms with van der Waals surface area (Å²) in [5, 5.41) is 0. The summed E-state index contributed by atoms with van der Waals surface area (Å²) in [7, 11) is 0. The zero-order chi connectivity index (χ0) is 10.7. The molecule has 2 rings (SSSR count). The van der Waals surface area contributed by atoms with Crippen LogP contribution in [-0.2, 0) is 0 Å². The average molecular weight is 203 g/mol. The normalized spacial score (nSPS) is 27.1. The van der Waals surface area contributed by atoms with Crippen molar-refractivity contribution in [1.82, 2.24) is 4.90 Å². The van der Waals surface area contributed by atoms with Crippen LogP contribution < -0.4 is 0 Å². The third-order valence-electron chi connectivity index (χ3n) is 3.62. The molecular formula is C14H21N. The lowest BCUT2D eigenvalue weighted by Crippen LogP contribution is -2.29. The predicted octanol–water partition coefficient (Wildman–Crippen LogP) is 3.27. The maximum absolute atomic E-state index is 2.62. The minimum absolute atomic E-state index is 0.715. The molecule has 2 unspecified atom stereocenters. The molecule has 1 aromatic carbocycles. The van der Waals surface area contributed by atoms with Gasteiger partial charge in [-0.3, -0.25) is 0 Å². The van der Waals surface area contributed by atoms with Crippen molar-refractivity contribution in [1.29, 1.82) is 0 Å². The van der Waals surface area contributed by atoms with Crippen molar-refractivity contribution in [2.75, 3.05) is 13.1 Å². The number of rotatable bonds is 3. The summed E-state index contributed by atoms with van der Waals surface area (Å²) < 4.78 is 0. The maximum Gasteiger partial charge on any atom is 0.0136 e. The number of nitrogens with zero attached hydrogens (tertiary/aromatic N) is 1. The Morgan fingerprint density at radius 3 is 2.67 bits per heavy atom. The zero-order valence-electron chi connectivity index (χ0n) is 9.82. The van der Waals surface area contributed by atoms with Gasteiger partial charge in [-0.25, -0.2) is 0 Å². The van der Waals surface area contributed by atoms with Gasteiger partial charge in [0.05, 0.1) is 0 Å². The van der Waals surface area contributed by atoms with Crippen LogP contribution in [0.15, 0.2) is 30.3 Å². The number of hydrogen-bond acceptors (Lipinski definition) is 1. The van der Waals surface area contributed by atoms with Crippen LogP contribution in [0.2, 0.25) is 0 Å². The van der Waals surface area contributed by atoms with Crippen LogP contribution in [0.5, 0.6) is 0 Å². The number of likely N-dealkylation sites (tertiary alicyclic amines) is 1. The molecule has 1 heterocycles. The number of benzene rings is 1. The lowest BCUT2D eigenvalue weighted by atomic mass is 9.93. The van der Waals surface area contributed by atoms with E-state index < -0.39 is 0 Å². The Morgan fingerprint density at radius 1 is 1.27 bits per heavy atom. The van der Waals surface area contributed by atoms with E-state index in [1.807, 2.05) is 0 Å². The third kappa shape index (κ3) is 2.23. The van der Waals surface area contributed by atoms with E-state index in [4.69, 9.17) is 0 Å². The van der Waals surface area contributed by atoms with Gasteiger partial charge < -0.3 is 4.90 Å². The summed E-state index contributed by atoms with van der Waals surface area (Å²) in [5.41, 5.74) is 1.52. The first-order valence-corrected chi connectivity index (χ1v) is 6.12. The molecule has 15 heavy (non-hydrogen) atoms. The molecule has 0 saturated carbocycles. The van der Waals surface area contributed by atoms with Gasteiger partial charge in [-0.1, -0.05) is 37.3 Å². The second-order valence-corrected chi connectivity index (χ2v) is 4.58. The van der Waals surface area contributed by atoms with Crippen LogP contribution in [0, 0.1) is 0 Å². The summed E-state index contributed by atoms with van der Waals surface area (Å²) in [5.74, 6) is 0.748. The molecule has 0 N–H and O–H groups in total. The molecule has 0 aliphatic carbocycles. The molecule has 2 atom stereocenters. The van der Waals surface area contributed by atoms with E-state index in [0.717, 1.165) is 5.92 Å². The summed E-state index contributed by atoms with van der Waals surface area (Å²) in [4.78, 5) is 2.62. The fourth-order valence-electron chi connectivity index (χ4n) is 2.75. The van der Waals surface area contributed by atoms with Gasteiger partial charge in [0.2, 0.25) is 0 Å². The SMILES string of the molecule is CCCN1CCC(c2ccccc2)C1C. The minimum atomic E-state index is 0.715. The smallest absolute Gasteiger partial charge is 0.0136 e. The Bertz CT molecular complexity index is 293. The third-order valence-corrected chi connectivity index (χ3v) is 3.62. The van der Waals surface area contributed by atoms with E-state index in [0.29, 0.717) is 6.04 Å². The topological polar surface area (TPSA) is 3.24 Å². The van der Waals surface area contributed by atoms with E-state index in [-0.39, 0.29) is 0 Å². The highest BCUT2D eigenvalue weighted by Crippen LogP contribution is 2.32. The van der Waals surface area contributed by atoms with E-state index in [9.17, 15) is 0 Å². The second-order valence-electron chi connectivity index (χ2n) is 4.58. The Balaban J connectivity index is 2.07. The van der Waals surface area contributed by atoms with E-state index in [2.05, 4.69) is 49.1 Å². The molecule has 1 nitrogen and oxygen atoms in total. The molecule has 0 spiro atoms. The van der Waals surface area contributed by atoms with Crippen LogP contribution in [-0.4, -0.2) is 24.0 Å². The molecule has 0 amide bonds. The van der Waals surface area contributed by atoms with Gasteiger partial charge >= 0.3 is 0 Å². The highest BCUT2D eigenvalue weighted by atomic mass is 15.2. The summed E-state index contributed by atoms with van der Waals surface area (Å²) in [6.45, 7) is 7.17. The van der Waals surface area contributed by atoms with Crippen LogP contribution in [0.4, 0.5) is 0 Å². The van der Waals surface area contributed by atoms with Crippen molar-refractivity contribution in [3.05, 3.63) is 35.9 Å². The Kier molecular flexibility index (Phi) is 3.42. The van der Waals surface area contributed by atoms with Crippen molar-refractivity contribution in [2.24, 2.45) is 0 Å². The summed E-state index contributed by atoms with van der Waals surface area (Å²) >= 11 is 0. The first-order valence-electron chi connectivity index (χ1n) is 6.12. The lowest BCUT2D eigenvalue weighted by Gasteiger charge is -2.24. The van der Waals surface area contributed by atoms with Crippen LogP contribution in [0.3, 0.4) is 0 Å². The maximum atomic E-state index is 2.62. The molecule has 82 valence electrons. The Labute approximate surface area is 93.1 Å². The van der Waals surface area contributed by atoms with Gasteiger partial charge in [0.25, 0.3) is 0 Å². The van der Waals surface area contributed by atoms with Crippen LogP contribution in [0.25, 0.3) is 0 Å². The largest absolute Gasteiger partial charge is 0.300 e. The highest BCUT2D eigenvalue weighted by Gasteiger charge is 2.30. The van der Waals surface area contributed by atoms with Gasteiger partial charge in [0.1, 0.15) is 0 Å². The van der Waals surface area contributed by atoms with Crippen LogP contribution in [0.1, 0.15) is 38.2 Å². The summed E-state index contributed by atoms with van der Waals surface area (Å²) in [6.07, 6.45) is 2.59. The number of hydrogen-bond donors (Lipinski definition) is 0. The highest BCUT2D eigenvalue weighted by molar-refractivity contribution is 5.22. The molecule has 1 fully saturated rings. The molecular weight excluding hydrogens is 182 g/mol. The van der Waals surface area contributed by atoms with Gasteiger partial charge in [0, 0.05) is 12.0 Å². The quantitative estimate of drug-likeness (QED) is 0.728. The average Bonchev–Trinajstić information content (AvgIpc) is 2.63. The fourth-order valence-corrected chi connectivity index (χ4v) is 2.75. The van der Waals surface area contributed by atoms with Gasteiger partial charge in [-0.15, -0.1) is 0 Å². The first-order chi connectivity index (χ1) is 7.33. The molecule has 1 aromatic rings.